The highest BCUT2D eigenvalue weighted by Crippen LogP contribution is 2.21. The number of anilines is 1. The Hall–Kier alpha value is -3.22. The summed E-state index contributed by atoms with van der Waals surface area (Å²) in [7, 11) is 1.34. The molecule has 0 spiro atoms. The van der Waals surface area contributed by atoms with Crippen molar-refractivity contribution in [3.63, 3.8) is 0 Å². The highest BCUT2D eigenvalue weighted by Gasteiger charge is 2.11. The third kappa shape index (κ3) is 3.72. The highest BCUT2D eigenvalue weighted by molar-refractivity contribution is 5.90. The van der Waals surface area contributed by atoms with E-state index >= 15 is 0 Å². The van der Waals surface area contributed by atoms with E-state index in [4.69, 9.17) is 9.26 Å². The van der Waals surface area contributed by atoms with E-state index in [0.29, 0.717) is 35.0 Å². The standard InChI is InChI=1S/C19H18FN3O3/c1-11-4-5-13(9-15(11)20)18-22-17(26-23-18)10-21-16-7-6-14(8-12(16)2)19(24)25-3/h4-9,21H,10H2,1-3H3. The third-order valence-electron chi connectivity index (χ3n) is 3.98. The molecular formula is C19H18FN3O3. The van der Waals surface area contributed by atoms with E-state index < -0.39 is 0 Å². The van der Waals surface area contributed by atoms with Crippen molar-refractivity contribution in [1.29, 1.82) is 0 Å². The van der Waals surface area contributed by atoms with Crippen molar-refractivity contribution >= 4 is 11.7 Å². The molecule has 0 saturated carbocycles. The number of benzene rings is 2. The van der Waals surface area contributed by atoms with Gasteiger partial charge in [-0.1, -0.05) is 17.3 Å². The first-order chi connectivity index (χ1) is 12.5. The van der Waals surface area contributed by atoms with Crippen molar-refractivity contribution in [3.05, 3.63) is 64.8 Å². The molecule has 0 saturated heterocycles. The molecule has 0 aliphatic rings. The van der Waals surface area contributed by atoms with E-state index in [0.717, 1.165) is 11.3 Å². The zero-order chi connectivity index (χ0) is 18.7. The van der Waals surface area contributed by atoms with Crippen LogP contribution < -0.4 is 5.32 Å². The quantitative estimate of drug-likeness (QED) is 0.700. The summed E-state index contributed by atoms with van der Waals surface area (Å²) in [5.41, 5.74) is 3.32. The Kier molecular flexibility index (Phi) is 4.97. The first-order valence-electron chi connectivity index (χ1n) is 8.00. The van der Waals surface area contributed by atoms with Gasteiger partial charge in [-0.15, -0.1) is 0 Å². The van der Waals surface area contributed by atoms with Crippen molar-refractivity contribution in [2.24, 2.45) is 0 Å². The maximum atomic E-state index is 13.7. The lowest BCUT2D eigenvalue weighted by Crippen LogP contribution is -2.05. The third-order valence-corrected chi connectivity index (χ3v) is 3.98. The summed E-state index contributed by atoms with van der Waals surface area (Å²) >= 11 is 0. The van der Waals surface area contributed by atoms with Gasteiger partial charge in [-0.05, 0) is 49.2 Å². The molecule has 0 bridgehead atoms. The van der Waals surface area contributed by atoms with E-state index in [1.165, 1.54) is 13.2 Å². The van der Waals surface area contributed by atoms with Crippen LogP contribution in [0.4, 0.5) is 10.1 Å². The molecule has 134 valence electrons. The lowest BCUT2D eigenvalue weighted by molar-refractivity contribution is 0.0600. The van der Waals surface area contributed by atoms with Crippen LogP contribution in [0, 0.1) is 19.7 Å². The molecule has 2 aromatic carbocycles. The summed E-state index contributed by atoms with van der Waals surface area (Å²) in [5, 5.41) is 7.06. The second-order valence-corrected chi connectivity index (χ2v) is 5.85. The van der Waals surface area contributed by atoms with E-state index in [9.17, 15) is 9.18 Å². The molecule has 0 unspecified atom stereocenters. The molecule has 0 aliphatic carbocycles. The number of rotatable bonds is 5. The molecule has 0 radical (unpaired) electrons. The number of nitrogens with zero attached hydrogens (tertiary/aromatic N) is 2. The van der Waals surface area contributed by atoms with Crippen molar-refractivity contribution < 1.29 is 18.4 Å². The maximum absolute atomic E-state index is 13.7. The molecule has 1 aromatic heterocycles. The van der Waals surface area contributed by atoms with E-state index in [-0.39, 0.29) is 11.8 Å². The molecule has 7 heteroatoms. The predicted octanol–water partition coefficient (Wildman–Crippen LogP) is 3.89. The highest BCUT2D eigenvalue weighted by atomic mass is 19.1. The Morgan fingerprint density at radius 3 is 2.69 bits per heavy atom. The molecule has 26 heavy (non-hydrogen) atoms. The largest absolute Gasteiger partial charge is 0.465 e. The Morgan fingerprint density at radius 2 is 2.00 bits per heavy atom. The van der Waals surface area contributed by atoms with Crippen LogP contribution in [0.2, 0.25) is 0 Å². The number of aryl methyl sites for hydroxylation is 2. The number of ether oxygens (including phenoxy) is 1. The van der Waals surface area contributed by atoms with Gasteiger partial charge in [0.05, 0.1) is 19.2 Å². The number of hydrogen-bond acceptors (Lipinski definition) is 6. The molecule has 1 heterocycles. The van der Waals surface area contributed by atoms with Crippen LogP contribution in [0.15, 0.2) is 40.9 Å². The molecule has 1 N–H and O–H groups in total. The minimum absolute atomic E-state index is 0.305. The lowest BCUT2D eigenvalue weighted by Gasteiger charge is -2.08. The summed E-state index contributed by atoms with van der Waals surface area (Å²) in [5.74, 6) is 0.00991. The van der Waals surface area contributed by atoms with Crippen LogP contribution >= 0.6 is 0 Å². The van der Waals surface area contributed by atoms with Gasteiger partial charge in [0.15, 0.2) is 0 Å². The Labute approximate surface area is 150 Å². The van der Waals surface area contributed by atoms with Gasteiger partial charge in [-0.3, -0.25) is 0 Å². The minimum atomic E-state index is -0.383. The lowest BCUT2D eigenvalue weighted by atomic mass is 10.1. The number of aromatic nitrogens is 2. The summed E-state index contributed by atoms with van der Waals surface area (Å²) in [6.07, 6.45) is 0. The van der Waals surface area contributed by atoms with Gasteiger partial charge in [0.1, 0.15) is 5.82 Å². The SMILES string of the molecule is COC(=O)c1ccc(NCc2nc(-c3ccc(C)c(F)c3)no2)c(C)c1. The van der Waals surface area contributed by atoms with Crippen molar-refractivity contribution in [2.45, 2.75) is 20.4 Å². The number of carbonyl (C=O) groups excluding carboxylic acids is 1. The second kappa shape index (κ2) is 7.35. The Morgan fingerprint density at radius 1 is 1.19 bits per heavy atom. The van der Waals surface area contributed by atoms with Crippen molar-refractivity contribution in [3.8, 4) is 11.4 Å². The fraction of sp³-hybridized carbons (Fsp3) is 0.211. The molecule has 3 aromatic rings. The predicted molar refractivity (Wildman–Crippen MR) is 94.3 cm³/mol. The van der Waals surface area contributed by atoms with E-state index in [1.807, 2.05) is 6.92 Å². The fourth-order valence-corrected chi connectivity index (χ4v) is 2.45. The number of esters is 1. The number of hydrogen-bond donors (Lipinski definition) is 1. The first kappa shape index (κ1) is 17.6. The van der Waals surface area contributed by atoms with Crippen LogP contribution in [-0.4, -0.2) is 23.2 Å². The Bertz CT molecular complexity index is 953. The van der Waals surface area contributed by atoms with Gasteiger partial charge < -0.3 is 14.6 Å². The summed E-state index contributed by atoms with van der Waals surface area (Å²) in [4.78, 5) is 15.8. The average Bonchev–Trinajstić information content (AvgIpc) is 3.11. The van der Waals surface area contributed by atoms with Crippen molar-refractivity contribution in [1.82, 2.24) is 10.1 Å². The zero-order valence-electron chi connectivity index (χ0n) is 14.7. The van der Waals surface area contributed by atoms with Gasteiger partial charge in [0.25, 0.3) is 0 Å². The van der Waals surface area contributed by atoms with Crippen LogP contribution in [0.3, 0.4) is 0 Å². The number of carbonyl (C=O) groups is 1. The monoisotopic (exact) mass is 355 g/mol. The number of methoxy groups -OCH3 is 1. The topological polar surface area (TPSA) is 77.2 Å². The molecular weight excluding hydrogens is 337 g/mol. The smallest absolute Gasteiger partial charge is 0.337 e. The van der Waals surface area contributed by atoms with Gasteiger partial charge in [0.2, 0.25) is 11.7 Å². The minimum Gasteiger partial charge on any atom is -0.465 e. The van der Waals surface area contributed by atoms with Crippen LogP contribution in [0.5, 0.6) is 0 Å². The first-order valence-corrected chi connectivity index (χ1v) is 8.00. The van der Waals surface area contributed by atoms with Crippen LogP contribution in [0.1, 0.15) is 27.4 Å². The number of nitrogens with one attached hydrogen (secondary N) is 1. The molecule has 0 aliphatic heterocycles. The molecule has 0 atom stereocenters. The molecule has 3 rings (SSSR count). The van der Waals surface area contributed by atoms with Crippen LogP contribution in [-0.2, 0) is 11.3 Å². The normalized spacial score (nSPS) is 10.6. The summed E-state index contributed by atoms with van der Waals surface area (Å²) in [6, 6.07) is 10.0. The van der Waals surface area contributed by atoms with E-state index in [1.54, 1.807) is 37.3 Å². The summed E-state index contributed by atoms with van der Waals surface area (Å²) < 4.78 is 23.6. The molecule has 0 fully saturated rings. The fourth-order valence-electron chi connectivity index (χ4n) is 2.45. The van der Waals surface area contributed by atoms with Crippen molar-refractivity contribution in [2.75, 3.05) is 12.4 Å². The van der Waals surface area contributed by atoms with Crippen LogP contribution in [0.25, 0.3) is 11.4 Å². The second-order valence-electron chi connectivity index (χ2n) is 5.85. The van der Waals surface area contributed by atoms with E-state index in [2.05, 4.69) is 15.5 Å². The van der Waals surface area contributed by atoms with Gasteiger partial charge >= 0.3 is 5.97 Å². The van der Waals surface area contributed by atoms with Gasteiger partial charge in [-0.25, -0.2) is 9.18 Å². The average molecular weight is 355 g/mol. The number of halogens is 1. The molecule has 6 nitrogen and oxygen atoms in total. The Balaban J connectivity index is 1.70. The van der Waals surface area contributed by atoms with Gasteiger partial charge in [-0.2, -0.15) is 4.98 Å². The molecule has 0 amide bonds. The van der Waals surface area contributed by atoms with Gasteiger partial charge in [0, 0.05) is 11.3 Å². The zero-order valence-corrected chi connectivity index (χ0v) is 14.7. The maximum Gasteiger partial charge on any atom is 0.337 e. The summed E-state index contributed by atoms with van der Waals surface area (Å²) in [6.45, 7) is 3.88.